The molecule has 0 heterocycles. The van der Waals surface area contributed by atoms with Crippen LogP contribution in [0.25, 0.3) is 0 Å². The summed E-state index contributed by atoms with van der Waals surface area (Å²) in [6.07, 6.45) is 0. The molecule has 0 aliphatic carbocycles. The number of hydrogen-bond donors (Lipinski definition) is 0. The minimum Gasteiger partial charge on any atom is -0.485 e. The van der Waals surface area contributed by atoms with E-state index < -0.39 is 0 Å². The summed E-state index contributed by atoms with van der Waals surface area (Å²) < 4.78 is 5.53. The van der Waals surface area contributed by atoms with Gasteiger partial charge < -0.3 is 4.74 Å². The highest BCUT2D eigenvalue weighted by Gasteiger charge is 2.08. The van der Waals surface area contributed by atoms with E-state index in [4.69, 9.17) is 4.74 Å². The van der Waals surface area contributed by atoms with Gasteiger partial charge in [0.1, 0.15) is 5.75 Å². The Bertz CT molecular complexity index is 583. The Morgan fingerprint density at radius 3 is 2.40 bits per heavy atom. The third-order valence-electron chi connectivity index (χ3n) is 3.26. The summed E-state index contributed by atoms with van der Waals surface area (Å²) in [6, 6.07) is 15.5. The molecule has 0 aliphatic heterocycles. The number of carbonyl (C=O) groups is 1. The molecule has 0 amide bonds. The molecule has 0 atom stereocenters. The quantitative estimate of drug-likeness (QED) is 0.752. The summed E-state index contributed by atoms with van der Waals surface area (Å²) in [6.45, 7) is 6.35. The predicted molar refractivity (Wildman–Crippen MR) is 81.5 cm³/mol. The van der Waals surface area contributed by atoms with E-state index >= 15 is 0 Å². The van der Waals surface area contributed by atoms with Crippen molar-refractivity contribution in [2.24, 2.45) is 0 Å². The Morgan fingerprint density at radius 1 is 1.10 bits per heavy atom. The van der Waals surface area contributed by atoms with E-state index in [9.17, 15) is 4.79 Å². The largest absolute Gasteiger partial charge is 0.485 e. The number of carbonyl (C=O) groups excluding carboxylic acids is 1. The smallest absolute Gasteiger partial charge is 0.200 e. The highest BCUT2D eigenvalue weighted by atomic mass is 16.5. The van der Waals surface area contributed by atoms with Gasteiger partial charge in [0.05, 0.1) is 0 Å². The van der Waals surface area contributed by atoms with Crippen molar-refractivity contribution >= 4 is 5.78 Å². The molecule has 104 valence electrons. The zero-order valence-corrected chi connectivity index (χ0v) is 12.2. The normalized spacial score (nSPS) is 10.6. The van der Waals surface area contributed by atoms with E-state index in [-0.39, 0.29) is 12.4 Å². The van der Waals surface area contributed by atoms with Crippen LogP contribution in [0.1, 0.15) is 41.3 Å². The van der Waals surface area contributed by atoms with Crippen LogP contribution in [0, 0.1) is 6.92 Å². The first kappa shape index (κ1) is 14.3. The molecule has 0 saturated heterocycles. The molecule has 0 aliphatic rings. The SMILES string of the molecule is Cc1cccc(OCC(=O)c2ccc(C(C)C)cc2)c1. The molecule has 2 aromatic carbocycles. The lowest BCUT2D eigenvalue weighted by molar-refractivity contribution is 0.0921. The molecule has 0 spiro atoms. The Hall–Kier alpha value is -2.09. The van der Waals surface area contributed by atoms with Crippen molar-refractivity contribution in [3.05, 3.63) is 65.2 Å². The average Bonchev–Trinajstić information content (AvgIpc) is 2.45. The summed E-state index contributed by atoms with van der Waals surface area (Å²) in [4.78, 5) is 12.1. The minimum absolute atomic E-state index is 0.00168. The first-order valence-corrected chi connectivity index (χ1v) is 6.89. The number of rotatable bonds is 5. The van der Waals surface area contributed by atoms with Crippen LogP contribution in [0.15, 0.2) is 48.5 Å². The van der Waals surface area contributed by atoms with Crippen LogP contribution >= 0.6 is 0 Å². The van der Waals surface area contributed by atoms with Gasteiger partial charge in [-0.1, -0.05) is 50.2 Å². The summed E-state index contributed by atoms with van der Waals surface area (Å²) >= 11 is 0. The molecule has 20 heavy (non-hydrogen) atoms. The van der Waals surface area contributed by atoms with Crippen LogP contribution < -0.4 is 4.74 Å². The summed E-state index contributed by atoms with van der Waals surface area (Å²) in [5.41, 5.74) is 3.06. The number of aryl methyl sites for hydroxylation is 1. The highest BCUT2D eigenvalue weighted by Crippen LogP contribution is 2.16. The van der Waals surface area contributed by atoms with Crippen molar-refractivity contribution in [1.29, 1.82) is 0 Å². The zero-order chi connectivity index (χ0) is 14.5. The maximum absolute atomic E-state index is 12.1. The Morgan fingerprint density at radius 2 is 1.80 bits per heavy atom. The van der Waals surface area contributed by atoms with Crippen molar-refractivity contribution in [1.82, 2.24) is 0 Å². The van der Waals surface area contributed by atoms with Gasteiger partial charge in [0, 0.05) is 5.56 Å². The molecular weight excluding hydrogens is 248 g/mol. The third-order valence-corrected chi connectivity index (χ3v) is 3.26. The fourth-order valence-corrected chi connectivity index (χ4v) is 1.99. The number of benzene rings is 2. The van der Waals surface area contributed by atoms with Crippen LogP contribution in [0.5, 0.6) is 5.75 Å². The molecule has 0 fully saturated rings. The van der Waals surface area contributed by atoms with Crippen molar-refractivity contribution in [2.75, 3.05) is 6.61 Å². The lowest BCUT2D eigenvalue weighted by Crippen LogP contribution is -2.11. The van der Waals surface area contributed by atoms with Crippen LogP contribution in [0.4, 0.5) is 0 Å². The minimum atomic E-state index is 0.00168. The van der Waals surface area contributed by atoms with Gasteiger partial charge >= 0.3 is 0 Å². The molecule has 0 saturated carbocycles. The Balaban J connectivity index is 1.98. The molecule has 0 radical (unpaired) electrons. The van der Waals surface area contributed by atoms with E-state index in [0.29, 0.717) is 11.5 Å². The maximum Gasteiger partial charge on any atom is 0.200 e. The molecule has 2 nitrogen and oxygen atoms in total. The van der Waals surface area contributed by atoms with Gasteiger partial charge in [0.25, 0.3) is 0 Å². The standard InChI is InChI=1S/C18H20O2/c1-13(2)15-7-9-16(10-8-15)18(19)12-20-17-6-4-5-14(3)11-17/h4-11,13H,12H2,1-3H3. The van der Waals surface area contributed by atoms with Crippen LogP contribution in [-0.4, -0.2) is 12.4 Å². The van der Waals surface area contributed by atoms with Crippen LogP contribution in [0.3, 0.4) is 0 Å². The van der Waals surface area contributed by atoms with Crippen molar-refractivity contribution in [3.63, 3.8) is 0 Å². The summed E-state index contributed by atoms with van der Waals surface area (Å²) in [7, 11) is 0. The fraction of sp³-hybridized carbons (Fsp3) is 0.278. The topological polar surface area (TPSA) is 26.3 Å². The molecule has 0 aromatic heterocycles. The van der Waals surface area contributed by atoms with Gasteiger partial charge in [-0.15, -0.1) is 0 Å². The summed E-state index contributed by atoms with van der Waals surface area (Å²) in [5.74, 6) is 1.21. The molecule has 2 aromatic rings. The first-order chi connectivity index (χ1) is 9.56. The Kier molecular flexibility index (Phi) is 4.57. The molecule has 2 rings (SSSR count). The number of ketones is 1. The van der Waals surface area contributed by atoms with E-state index in [1.165, 1.54) is 5.56 Å². The zero-order valence-electron chi connectivity index (χ0n) is 12.2. The second kappa shape index (κ2) is 6.38. The number of ether oxygens (including phenoxy) is 1. The van der Waals surface area contributed by atoms with E-state index in [0.717, 1.165) is 11.3 Å². The van der Waals surface area contributed by atoms with Crippen LogP contribution in [-0.2, 0) is 0 Å². The molecular formula is C18H20O2. The molecule has 0 N–H and O–H groups in total. The predicted octanol–water partition coefficient (Wildman–Crippen LogP) is 4.38. The highest BCUT2D eigenvalue weighted by molar-refractivity contribution is 5.97. The van der Waals surface area contributed by atoms with Crippen LogP contribution in [0.2, 0.25) is 0 Å². The molecule has 2 heteroatoms. The van der Waals surface area contributed by atoms with Crippen molar-refractivity contribution in [2.45, 2.75) is 26.7 Å². The van der Waals surface area contributed by atoms with Gasteiger partial charge in [-0.2, -0.15) is 0 Å². The van der Waals surface area contributed by atoms with Gasteiger partial charge in [0.2, 0.25) is 0 Å². The lowest BCUT2D eigenvalue weighted by atomic mass is 10.0. The second-order valence-corrected chi connectivity index (χ2v) is 5.31. The maximum atomic E-state index is 12.1. The monoisotopic (exact) mass is 268 g/mol. The fourth-order valence-electron chi connectivity index (χ4n) is 1.99. The third kappa shape index (κ3) is 3.70. The number of Topliss-reactive ketones (excluding diaryl/α,β-unsaturated/α-hetero) is 1. The molecule has 0 unspecified atom stereocenters. The summed E-state index contributed by atoms with van der Waals surface area (Å²) in [5, 5.41) is 0. The van der Waals surface area contributed by atoms with Gasteiger partial charge in [-0.25, -0.2) is 0 Å². The van der Waals surface area contributed by atoms with E-state index in [1.54, 1.807) is 0 Å². The lowest BCUT2D eigenvalue weighted by Gasteiger charge is -2.08. The van der Waals surface area contributed by atoms with Gasteiger partial charge in [0.15, 0.2) is 12.4 Å². The van der Waals surface area contributed by atoms with Gasteiger partial charge in [-0.05, 0) is 36.1 Å². The second-order valence-electron chi connectivity index (χ2n) is 5.31. The van der Waals surface area contributed by atoms with E-state index in [2.05, 4.69) is 13.8 Å². The van der Waals surface area contributed by atoms with Crippen molar-refractivity contribution < 1.29 is 9.53 Å². The number of hydrogen-bond acceptors (Lipinski definition) is 2. The van der Waals surface area contributed by atoms with Crippen molar-refractivity contribution in [3.8, 4) is 5.75 Å². The van der Waals surface area contributed by atoms with E-state index in [1.807, 2.05) is 55.5 Å². The average molecular weight is 268 g/mol. The molecule has 0 bridgehead atoms. The van der Waals surface area contributed by atoms with Gasteiger partial charge in [-0.3, -0.25) is 4.79 Å². The first-order valence-electron chi connectivity index (χ1n) is 6.89. The Labute approximate surface area is 120 Å².